The van der Waals surface area contributed by atoms with E-state index >= 15 is 0 Å². The van der Waals surface area contributed by atoms with Gasteiger partial charge in [0.05, 0.1) is 0 Å². The van der Waals surface area contributed by atoms with Crippen molar-refractivity contribution in [3.63, 3.8) is 0 Å². The van der Waals surface area contributed by atoms with E-state index in [0.717, 1.165) is 10.9 Å². The maximum atomic E-state index is 12.0. The number of fused-ring (bicyclic) bond motifs is 1. The molecular weight excluding hydrogens is 296 g/mol. The highest BCUT2D eigenvalue weighted by Crippen LogP contribution is 2.26. The van der Waals surface area contributed by atoms with Crippen LogP contribution in [0.1, 0.15) is 12.5 Å². The first-order valence-electron chi connectivity index (χ1n) is 7.07. The number of hydrogen-bond acceptors (Lipinski definition) is 4. The number of carbonyl (C=O) groups is 1. The molecule has 3 rings (SSSR count). The number of benzene rings is 2. The molecule has 0 N–H and O–H groups in total. The van der Waals surface area contributed by atoms with Crippen molar-refractivity contribution in [2.75, 3.05) is 0 Å². The van der Waals surface area contributed by atoms with Crippen molar-refractivity contribution in [3.8, 4) is 5.75 Å². The topological polar surface area (TPSA) is 35.5 Å². The lowest BCUT2D eigenvalue weighted by molar-refractivity contribution is -0.152. The standard InChI is InChI=1S/C18H16O3S/c1-13(21-15-7-3-2-4-8-15)18(19)20-11-14-12-22-17-10-6-5-9-16(14)17/h2-10,12-13H,11H2,1H3. The predicted octanol–water partition coefficient (Wildman–Crippen LogP) is 4.41. The Bertz CT molecular complexity index is 764. The van der Waals surface area contributed by atoms with Crippen molar-refractivity contribution < 1.29 is 14.3 Å². The Balaban J connectivity index is 1.60. The van der Waals surface area contributed by atoms with Gasteiger partial charge in [0.15, 0.2) is 6.10 Å². The van der Waals surface area contributed by atoms with Gasteiger partial charge in [0, 0.05) is 10.3 Å². The third-order valence-corrected chi connectivity index (χ3v) is 4.33. The van der Waals surface area contributed by atoms with E-state index in [1.165, 1.54) is 4.70 Å². The van der Waals surface area contributed by atoms with Crippen LogP contribution in [0.5, 0.6) is 5.75 Å². The summed E-state index contributed by atoms with van der Waals surface area (Å²) in [5, 5.41) is 3.16. The highest BCUT2D eigenvalue weighted by atomic mass is 32.1. The summed E-state index contributed by atoms with van der Waals surface area (Å²) in [5.74, 6) is 0.298. The largest absolute Gasteiger partial charge is 0.479 e. The summed E-state index contributed by atoms with van der Waals surface area (Å²) in [7, 11) is 0. The Morgan fingerprint density at radius 3 is 2.64 bits per heavy atom. The fourth-order valence-corrected chi connectivity index (χ4v) is 3.11. The summed E-state index contributed by atoms with van der Waals surface area (Å²) < 4.78 is 12.1. The minimum Gasteiger partial charge on any atom is -0.479 e. The van der Waals surface area contributed by atoms with Gasteiger partial charge in [-0.3, -0.25) is 0 Å². The molecule has 0 aliphatic carbocycles. The number of thiophene rings is 1. The summed E-state index contributed by atoms with van der Waals surface area (Å²) in [6.45, 7) is 1.96. The van der Waals surface area contributed by atoms with Crippen LogP contribution in [0.25, 0.3) is 10.1 Å². The second-order valence-corrected chi connectivity index (χ2v) is 5.85. The van der Waals surface area contributed by atoms with E-state index in [2.05, 4.69) is 6.07 Å². The second kappa shape index (κ2) is 6.62. The molecule has 1 unspecified atom stereocenters. The molecule has 2 aromatic carbocycles. The van der Waals surface area contributed by atoms with E-state index < -0.39 is 6.10 Å². The predicted molar refractivity (Wildman–Crippen MR) is 88.2 cm³/mol. The third kappa shape index (κ3) is 3.28. The number of ether oxygens (including phenoxy) is 2. The van der Waals surface area contributed by atoms with Crippen LogP contribution in [0.3, 0.4) is 0 Å². The molecule has 4 heteroatoms. The molecule has 0 fully saturated rings. The van der Waals surface area contributed by atoms with Gasteiger partial charge in [-0.15, -0.1) is 11.3 Å². The molecule has 22 heavy (non-hydrogen) atoms. The molecule has 112 valence electrons. The molecule has 1 atom stereocenters. The highest BCUT2D eigenvalue weighted by Gasteiger charge is 2.17. The first-order chi connectivity index (χ1) is 10.7. The number of carbonyl (C=O) groups excluding carboxylic acids is 1. The van der Waals surface area contributed by atoms with Gasteiger partial charge in [-0.05, 0) is 35.9 Å². The molecule has 0 spiro atoms. The Kier molecular flexibility index (Phi) is 4.39. The smallest absolute Gasteiger partial charge is 0.347 e. The van der Waals surface area contributed by atoms with Gasteiger partial charge in [-0.1, -0.05) is 36.4 Å². The zero-order valence-electron chi connectivity index (χ0n) is 12.2. The van der Waals surface area contributed by atoms with Crippen molar-refractivity contribution in [1.29, 1.82) is 0 Å². The van der Waals surface area contributed by atoms with Crippen molar-refractivity contribution >= 4 is 27.4 Å². The zero-order valence-corrected chi connectivity index (χ0v) is 13.0. The van der Waals surface area contributed by atoms with Gasteiger partial charge in [0.1, 0.15) is 12.4 Å². The van der Waals surface area contributed by atoms with Gasteiger partial charge < -0.3 is 9.47 Å². The molecular formula is C18H16O3S. The molecule has 0 saturated carbocycles. The van der Waals surface area contributed by atoms with Gasteiger partial charge in [0.25, 0.3) is 0 Å². The summed E-state index contributed by atoms with van der Waals surface area (Å²) in [4.78, 5) is 12.0. The summed E-state index contributed by atoms with van der Waals surface area (Å²) >= 11 is 1.65. The van der Waals surface area contributed by atoms with E-state index in [1.54, 1.807) is 18.3 Å². The molecule has 0 bridgehead atoms. The molecule has 0 radical (unpaired) electrons. The Hall–Kier alpha value is -2.33. The molecule has 1 aromatic heterocycles. The van der Waals surface area contributed by atoms with Crippen LogP contribution in [0.15, 0.2) is 60.0 Å². The Morgan fingerprint density at radius 2 is 1.82 bits per heavy atom. The third-order valence-electron chi connectivity index (χ3n) is 3.32. The van der Waals surface area contributed by atoms with Gasteiger partial charge in [-0.2, -0.15) is 0 Å². The monoisotopic (exact) mass is 312 g/mol. The van der Waals surface area contributed by atoms with Crippen LogP contribution in [-0.2, 0) is 16.1 Å². The number of hydrogen-bond donors (Lipinski definition) is 0. The summed E-state index contributed by atoms with van der Waals surface area (Å²) in [6.07, 6.45) is -0.632. The van der Waals surface area contributed by atoms with E-state index in [4.69, 9.17) is 9.47 Å². The van der Waals surface area contributed by atoms with Crippen molar-refractivity contribution in [3.05, 3.63) is 65.5 Å². The van der Waals surface area contributed by atoms with Crippen molar-refractivity contribution in [2.45, 2.75) is 19.6 Å². The van der Waals surface area contributed by atoms with E-state index in [0.29, 0.717) is 5.75 Å². The van der Waals surface area contributed by atoms with Crippen molar-refractivity contribution in [1.82, 2.24) is 0 Å². The quantitative estimate of drug-likeness (QED) is 0.655. The number of rotatable bonds is 5. The maximum absolute atomic E-state index is 12.0. The number of para-hydroxylation sites is 1. The normalized spacial score (nSPS) is 12.0. The van der Waals surface area contributed by atoms with Gasteiger partial charge >= 0.3 is 5.97 Å². The zero-order chi connectivity index (χ0) is 15.4. The van der Waals surface area contributed by atoms with E-state index in [9.17, 15) is 4.79 Å². The lowest BCUT2D eigenvalue weighted by atomic mass is 10.2. The average Bonchev–Trinajstić information content (AvgIpc) is 2.97. The molecule has 1 heterocycles. The minimum absolute atomic E-state index is 0.269. The van der Waals surface area contributed by atoms with E-state index in [1.807, 2.05) is 53.9 Å². The lowest BCUT2D eigenvalue weighted by Gasteiger charge is -2.13. The SMILES string of the molecule is CC(Oc1ccccc1)C(=O)OCc1csc2ccccc12. The first-order valence-corrected chi connectivity index (χ1v) is 7.95. The van der Waals surface area contributed by atoms with E-state index in [-0.39, 0.29) is 12.6 Å². The molecule has 0 aliphatic heterocycles. The van der Waals surface area contributed by atoms with Crippen LogP contribution >= 0.6 is 11.3 Å². The van der Waals surface area contributed by atoms with Gasteiger partial charge in [-0.25, -0.2) is 4.79 Å². The van der Waals surface area contributed by atoms with Gasteiger partial charge in [0.2, 0.25) is 0 Å². The fraction of sp³-hybridized carbons (Fsp3) is 0.167. The van der Waals surface area contributed by atoms with Crippen LogP contribution in [-0.4, -0.2) is 12.1 Å². The average molecular weight is 312 g/mol. The van der Waals surface area contributed by atoms with Crippen LogP contribution in [0.2, 0.25) is 0 Å². The molecule has 0 saturated heterocycles. The second-order valence-electron chi connectivity index (χ2n) is 4.94. The Labute approximate surface area is 133 Å². The molecule has 0 aliphatic rings. The van der Waals surface area contributed by atoms with Crippen LogP contribution < -0.4 is 4.74 Å². The lowest BCUT2D eigenvalue weighted by Crippen LogP contribution is -2.25. The Morgan fingerprint density at radius 1 is 1.09 bits per heavy atom. The molecule has 3 aromatic rings. The van der Waals surface area contributed by atoms with Crippen LogP contribution in [0, 0.1) is 0 Å². The highest BCUT2D eigenvalue weighted by molar-refractivity contribution is 7.17. The molecule has 3 nitrogen and oxygen atoms in total. The van der Waals surface area contributed by atoms with Crippen molar-refractivity contribution in [2.24, 2.45) is 0 Å². The maximum Gasteiger partial charge on any atom is 0.347 e. The summed E-state index contributed by atoms with van der Waals surface area (Å²) in [6, 6.07) is 17.4. The molecule has 0 amide bonds. The minimum atomic E-state index is -0.632. The first kappa shape index (κ1) is 14.6. The van der Waals surface area contributed by atoms with Crippen LogP contribution in [0.4, 0.5) is 0 Å². The fourth-order valence-electron chi connectivity index (χ4n) is 2.16. The summed E-state index contributed by atoms with van der Waals surface area (Å²) in [5.41, 5.74) is 1.03. The number of esters is 1.